The van der Waals surface area contributed by atoms with Gasteiger partial charge >= 0.3 is 6.03 Å². The molecule has 1 aromatic heterocycles. The van der Waals surface area contributed by atoms with E-state index in [1.165, 1.54) is 12.1 Å². The Kier molecular flexibility index (Phi) is 8.94. The Bertz CT molecular complexity index is 1580. The molecule has 0 unspecified atom stereocenters. The van der Waals surface area contributed by atoms with Crippen molar-refractivity contribution in [2.75, 3.05) is 23.7 Å². The highest BCUT2D eigenvalue weighted by Crippen LogP contribution is 2.28. The van der Waals surface area contributed by atoms with Gasteiger partial charge in [-0.15, -0.1) is 0 Å². The van der Waals surface area contributed by atoms with Crippen molar-refractivity contribution in [2.24, 2.45) is 5.92 Å². The monoisotopic (exact) mass is 581 g/mol. The molecule has 4 aromatic rings. The fraction of sp³-hybridized carbons (Fsp3) is 0.343. The zero-order chi connectivity index (χ0) is 30.6. The van der Waals surface area contributed by atoms with E-state index in [0.29, 0.717) is 30.4 Å². The van der Waals surface area contributed by atoms with Crippen molar-refractivity contribution in [2.45, 2.75) is 58.8 Å². The summed E-state index contributed by atoms with van der Waals surface area (Å²) in [6.45, 7) is 9.68. The Morgan fingerprint density at radius 1 is 0.930 bits per heavy atom. The summed E-state index contributed by atoms with van der Waals surface area (Å²) in [7, 11) is 0. The second-order valence-corrected chi connectivity index (χ2v) is 12.5. The highest BCUT2D eigenvalue weighted by Gasteiger charge is 2.25. The van der Waals surface area contributed by atoms with Gasteiger partial charge in [0.05, 0.1) is 17.8 Å². The van der Waals surface area contributed by atoms with Crippen molar-refractivity contribution in [1.29, 1.82) is 0 Å². The maximum Gasteiger partial charge on any atom is 0.324 e. The Morgan fingerprint density at radius 3 is 2.35 bits per heavy atom. The van der Waals surface area contributed by atoms with E-state index in [-0.39, 0.29) is 29.6 Å². The van der Waals surface area contributed by atoms with E-state index in [4.69, 9.17) is 5.10 Å². The minimum absolute atomic E-state index is 0.0299. The van der Waals surface area contributed by atoms with E-state index in [0.717, 1.165) is 47.5 Å². The van der Waals surface area contributed by atoms with Crippen LogP contribution in [0.25, 0.3) is 5.69 Å². The van der Waals surface area contributed by atoms with Crippen molar-refractivity contribution in [3.05, 3.63) is 107 Å². The summed E-state index contributed by atoms with van der Waals surface area (Å²) < 4.78 is 15.3. The second-order valence-electron chi connectivity index (χ2n) is 12.5. The van der Waals surface area contributed by atoms with Crippen molar-refractivity contribution >= 4 is 23.4 Å². The molecule has 0 saturated carbocycles. The van der Waals surface area contributed by atoms with Gasteiger partial charge in [0, 0.05) is 30.3 Å². The number of carbonyl (C=O) groups is 2. The summed E-state index contributed by atoms with van der Waals surface area (Å²) >= 11 is 0. The van der Waals surface area contributed by atoms with Gasteiger partial charge in [-0.25, -0.2) is 13.9 Å². The smallest absolute Gasteiger partial charge is 0.324 e. The quantitative estimate of drug-likeness (QED) is 0.241. The third kappa shape index (κ3) is 7.69. The van der Waals surface area contributed by atoms with Gasteiger partial charge in [0.15, 0.2) is 0 Å². The molecule has 5 rings (SSSR count). The van der Waals surface area contributed by atoms with Crippen LogP contribution in [0.3, 0.4) is 0 Å². The number of hydrogen-bond donors (Lipinski definition) is 2. The number of amides is 3. The van der Waals surface area contributed by atoms with Crippen LogP contribution in [-0.4, -0.2) is 39.7 Å². The molecular formula is C35H40FN5O2. The fourth-order valence-corrected chi connectivity index (χ4v) is 5.44. The van der Waals surface area contributed by atoms with Gasteiger partial charge in [-0.3, -0.25) is 10.1 Å². The van der Waals surface area contributed by atoms with E-state index in [2.05, 4.69) is 31.4 Å². The molecule has 2 heterocycles. The van der Waals surface area contributed by atoms with Crippen LogP contribution < -0.4 is 10.6 Å². The molecular weight excluding hydrogens is 541 g/mol. The summed E-state index contributed by atoms with van der Waals surface area (Å²) in [5, 5.41) is 10.9. The highest BCUT2D eigenvalue weighted by atomic mass is 19.1. The molecule has 7 nitrogen and oxygen atoms in total. The number of hydrogen-bond acceptors (Lipinski definition) is 3. The van der Waals surface area contributed by atoms with E-state index < -0.39 is 0 Å². The average molecular weight is 582 g/mol. The first-order chi connectivity index (χ1) is 20.5. The average Bonchev–Trinajstić information content (AvgIpc) is 3.39. The predicted molar refractivity (Wildman–Crippen MR) is 169 cm³/mol. The number of aryl methyl sites for hydroxylation is 1. The van der Waals surface area contributed by atoms with Gasteiger partial charge in [-0.1, -0.05) is 68.8 Å². The van der Waals surface area contributed by atoms with E-state index >= 15 is 0 Å². The van der Waals surface area contributed by atoms with Crippen molar-refractivity contribution in [3.8, 4) is 5.69 Å². The van der Waals surface area contributed by atoms with Gasteiger partial charge in [-0.2, -0.15) is 5.10 Å². The van der Waals surface area contributed by atoms with Gasteiger partial charge in [0.1, 0.15) is 11.6 Å². The third-order valence-electron chi connectivity index (χ3n) is 7.98. The third-order valence-corrected chi connectivity index (χ3v) is 7.98. The van der Waals surface area contributed by atoms with Crippen LogP contribution >= 0.6 is 0 Å². The van der Waals surface area contributed by atoms with Crippen LogP contribution in [-0.2, 0) is 23.1 Å². The minimum Gasteiger partial charge on any atom is -0.342 e. The maximum absolute atomic E-state index is 13.5. The predicted octanol–water partition coefficient (Wildman–Crippen LogP) is 7.29. The first kappa shape index (κ1) is 30.0. The normalized spacial score (nSPS) is 14.0. The number of piperidine rings is 1. The van der Waals surface area contributed by atoms with Gasteiger partial charge in [0.2, 0.25) is 5.91 Å². The molecule has 0 bridgehead atoms. The summed E-state index contributed by atoms with van der Waals surface area (Å²) in [5.41, 5.74) is 5.24. The molecule has 43 heavy (non-hydrogen) atoms. The number of carbonyl (C=O) groups excluding carboxylic acids is 2. The largest absolute Gasteiger partial charge is 0.342 e. The van der Waals surface area contributed by atoms with Crippen LogP contribution in [0.2, 0.25) is 0 Å². The van der Waals surface area contributed by atoms with Crippen LogP contribution in [0, 0.1) is 18.7 Å². The van der Waals surface area contributed by atoms with Crippen LogP contribution in [0.15, 0.2) is 78.9 Å². The summed E-state index contributed by atoms with van der Waals surface area (Å²) in [4.78, 5) is 28.0. The number of rotatable bonds is 7. The lowest BCUT2D eigenvalue weighted by molar-refractivity contribution is -0.131. The number of halogens is 1. The lowest BCUT2D eigenvalue weighted by Gasteiger charge is -2.32. The molecule has 0 atom stereocenters. The molecule has 0 aliphatic carbocycles. The number of anilines is 2. The van der Waals surface area contributed by atoms with Crippen molar-refractivity contribution in [3.63, 3.8) is 0 Å². The molecule has 0 spiro atoms. The summed E-state index contributed by atoms with van der Waals surface area (Å²) in [5.74, 6) is 0.694. The van der Waals surface area contributed by atoms with Gasteiger partial charge in [0.25, 0.3) is 0 Å². The molecule has 3 aromatic carbocycles. The number of likely N-dealkylation sites (tertiary alicyclic amines) is 1. The first-order valence-corrected chi connectivity index (χ1v) is 14.9. The second kappa shape index (κ2) is 12.8. The highest BCUT2D eigenvalue weighted by molar-refractivity contribution is 6.00. The molecule has 0 radical (unpaired) electrons. The molecule has 3 amide bonds. The topological polar surface area (TPSA) is 79.3 Å². The van der Waals surface area contributed by atoms with Crippen LogP contribution in [0.4, 0.5) is 20.7 Å². The summed E-state index contributed by atoms with van der Waals surface area (Å²) in [6, 6.07) is 23.7. The number of nitrogens with zero attached hydrogens (tertiary/aromatic N) is 3. The number of aromatic nitrogens is 2. The summed E-state index contributed by atoms with van der Waals surface area (Å²) in [6.07, 6.45) is 2.77. The lowest BCUT2D eigenvalue weighted by Crippen LogP contribution is -2.39. The fourth-order valence-electron chi connectivity index (χ4n) is 5.44. The standard InChI is InChI=1S/C35H40FN5O2/c1-24-12-14-29(15-13-24)41-32(23-31(39-41)35(2,3)4)38-34(43)37-30-11-6-5-9-27(30)20-25-16-18-40(19-17-25)33(42)22-26-8-7-10-28(36)21-26/h5-15,21,23,25H,16-20,22H2,1-4H3,(H2,37,38,43). The first-order valence-electron chi connectivity index (χ1n) is 14.9. The molecule has 1 aliphatic heterocycles. The van der Waals surface area contributed by atoms with Crippen LogP contribution in [0.5, 0.6) is 0 Å². The SMILES string of the molecule is Cc1ccc(-n2nc(C(C)(C)C)cc2NC(=O)Nc2ccccc2CC2CCN(C(=O)Cc3cccc(F)c3)CC2)cc1. The zero-order valence-electron chi connectivity index (χ0n) is 25.4. The molecule has 1 saturated heterocycles. The molecule has 1 fully saturated rings. The lowest BCUT2D eigenvalue weighted by atomic mass is 9.89. The number of benzene rings is 3. The minimum atomic E-state index is -0.334. The number of nitrogens with one attached hydrogen (secondary N) is 2. The molecule has 2 N–H and O–H groups in total. The molecule has 224 valence electrons. The Morgan fingerprint density at radius 2 is 1.65 bits per heavy atom. The molecule has 1 aliphatic rings. The zero-order valence-corrected chi connectivity index (χ0v) is 25.4. The van der Waals surface area contributed by atoms with Crippen molar-refractivity contribution < 1.29 is 14.0 Å². The van der Waals surface area contributed by atoms with Crippen molar-refractivity contribution in [1.82, 2.24) is 14.7 Å². The number of urea groups is 1. The van der Waals surface area contributed by atoms with E-state index in [1.807, 2.05) is 66.4 Å². The Hall–Kier alpha value is -4.46. The van der Waals surface area contributed by atoms with Gasteiger partial charge in [-0.05, 0) is 73.6 Å². The van der Waals surface area contributed by atoms with Gasteiger partial charge < -0.3 is 10.2 Å². The van der Waals surface area contributed by atoms with Crippen LogP contribution in [0.1, 0.15) is 56.0 Å². The maximum atomic E-state index is 13.5. The Labute approximate surface area is 253 Å². The van der Waals surface area contributed by atoms with E-state index in [1.54, 1.807) is 16.8 Å². The number of para-hydroxylation sites is 1. The van der Waals surface area contributed by atoms with E-state index in [9.17, 15) is 14.0 Å². The molecule has 8 heteroatoms. The Balaban J connectivity index is 1.22.